The van der Waals surface area contributed by atoms with Gasteiger partial charge in [0.15, 0.2) is 0 Å². The summed E-state index contributed by atoms with van der Waals surface area (Å²) >= 11 is 8.35. The van der Waals surface area contributed by atoms with Crippen LogP contribution in [0.25, 0.3) is 0 Å². The first-order valence-electron chi connectivity index (χ1n) is 4.47. The minimum atomic E-state index is 0.101. The second kappa shape index (κ2) is 5.44. The number of aliphatic hydroxyl groups is 1. The molecule has 0 atom stereocenters. The van der Waals surface area contributed by atoms with E-state index in [9.17, 15) is 0 Å². The van der Waals surface area contributed by atoms with Crippen LogP contribution in [0.2, 0.25) is 0 Å². The van der Waals surface area contributed by atoms with Crippen LogP contribution in [0, 0.1) is 0 Å². The van der Waals surface area contributed by atoms with E-state index < -0.39 is 0 Å². The summed E-state index contributed by atoms with van der Waals surface area (Å²) in [7, 11) is 1.89. The Bertz CT molecular complexity index is 370. The van der Waals surface area contributed by atoms with Gasteiger partial charge in [0.2, 0.25) is 0 Å². The Morgan fingerprint density at radius 2 is 2.27 bits per heavy atom. The number of anilines is 1. The van der Waals surface area contributed by atoms with Gasteiger partial charge in [-0.05, 0) is 18.2 Å². The first-order valence-corrected chi connectivity index (χ1v) is 5.67. The normalized spacial score (nSPS) is 10.1. The van der Waals surface area contributed by atoms with Gasteiger partial charge in [0.1, 0.15) is 4.99 Å². The molecule has 0 fully saturated rings. The third-order valence-corrected chi connectivity index (χ3v) is 2.78. The number of nitrogens with zero attached hydrogens (tertiary/aromatic N) is 1. The van der Waals surface area contributed by atoms with Crippen molar-refractivity contribution < 1.29 is 5.11 Å². The van der Waals surface area contributed by atoms with Gasteiger partial charge < -0.3 is 15.7 Å². The smallest absolute Gasteiger partial charge is 0.106 e. The maximum atomic E-state index is 8.87. The Kier molecular flexibility index (Phi) is 4.50. The predicted molar refractivity (Wildman–Crippen MR) is 70.4 cm³/mol. The molecule has 82 valence electrons. The molecule has 0 saturated carbocycles. The van der Waals surface area contributed by atoms with Crippen LogP contribution in [0.15, 0.2) is 22.7 Å². The standard InChI is InChI=1S/C10H13BrN2OS/c1-13(4-5-14)9-3-2-7(11)6-8(9)10(12)15/h2-3,6,14H,4-5H2,1H3,(H2,12,15). The molecule has 0 saturated heterocycles. The SMILES string of the molecule is CN(CCO)c1ccc(Br)cc1C(N)=S. The van der Waals surface area contributed by atoms with Gasteiger partial charge in [0.05, 0.1) is 6.61 Å². The molecule has 3 N–H and O–H groups in total. The van der Waals surface area contributed by atoms with E-state index in [1.165, 1.54) is 0 Å². The number of halogens is 1. The molecule has 0 spiro atoms. The lowest BCUT2D eigenvalue weighted by molar-refractivity contribution is 0.304. The third-order valence-electron chi connectivity index (χ3n) is 2.07. The molecule has 0 heterocycles. The first-order chi connectivity index (χ1) is 7.06. The molecule has 0 aromatic heterocycles. The highest BCUT2D eigenvalue weighted by atomic mass is 79.9. The van der Waals surface area contributed by atoms with E-state index in [4.69, 9.17) is 23.1 Å². The van der Waals surface area contributed by atoms with Crippen molar-refractivity contribution in [2.24, 2.45) is 5.73 Å². The summed E-state index contributed by atoms with van der Waals surface area (Å²) in [6, 6.07) is 5.73. The Morgan fingerprint density at radius 3 is 2.80 bits per heavy atom. The number of thiocarbonyl (C=S) groups is 1. The van der Waals surface area contributed by atoms with Crippen LogP contribution >= 0.6 is 28.1 Å². The summed E-state index contributed by atoms with van der Waals surface area (Å²) in [6.45, 7) is 0.653. The number of rotatable bonds is 4. The van der Waals surface area contributed by atoms with Crippen molar-refractivity contribution in [2.45, 2.75) is 0 Å². The monoisotopic (exact) mass is 288 g/mol. The number of likely N-dealkylation sites (N-methyl/N-ethyl adjacent to an activating group) is 1. The topological polar surface area (TPSA) is 49.5 Å². The van der Waals surface area contributed by atoms with Crippen LogP contribution in [-0.2, 0) is 0 Å². The molecule has 0 aliphatic rings. The van der Waals surface area contributed by atoms with E-state index in [2.05, 4.69) is 15.9 Å². The lowest BCUT2D eigenvalue weighted by atomic mass is 10.1. The molecule has 0 amide bonds. The second-order valence-electron chi connectivity index (χ2n) is 3.17. The minimum Gasteiger partial charge on any atom is -0.395 e. The van der Waals surface area contributed by atoms with Gasteiger partial charge in [-0.15, -0.1) is 0 Å². The van der Waals surface area contributed by atoms with E-state index in [0.717, 1.165) is 15.7 Å². The van der Waals surface area contributed by atoms with Crippen LogP contribution in [0.1, 0.15) is 5.56 Å². The Hall–Kier alpha value is -0.650. The summed E-state index contributed by atoms with van der Waals surface area (Å²) in [6.07, 6.45) is 0. The number of nitrogens with two attached hydrogens (primary N) is 1. The molecule has 0 bridgehead atoms. The van der Waals surface area contributed by atoms with Crippen molar-refractivity contribution in [3.8, 4) is 0 Å². The van der Waals surface area contributed by atoms with Crippen molar-refractivity contribution in [3.05, 3.63) is 28.2 Å². The quantitative estimate of drug-likeness (QED) is 0.825. The summed E-state index contributed by atoms with van der Waals surface area (Å²) in [5.74, 6) is 0. The molecule has 1 aromatic rings. The lowest BCUT2D eigenvalue weighted by Gasteiger charge is -2.21. The highest BCUT2D eigenvalue weighted by Crippen LogP contribution is 2.23. The molecule has 1 rings (SSSR count). The molecule has 5 heteroatoms. The van der Waals surface area contributed by atoms with Crippen molar-refractivity contribution >= 4 is 38.8 Å². The first kappa shape index (κ1) is 12.4. The van der Waals surface area contributed by atoms with Crippen molar-refractivity contribution in [1.29, 1.82) is 0 Å². The van der Waals surface area contributed by atoms with Crippen molar-refractivity contribution in [1.82, 2.24) is 0 Å². The number of benzene rings is 1. The number of aliphatic hydroxyl groups excluding tert-OH is 1. The van der Waals surface area contributed by atoms with E-state index in [1.54, 1.807) is 0 Å². The zero-order valence-corrected chi connectivity index (χ0v) is 10.8. The van der Waals surface area contributed by atoms with Gasteiger partial charge >= 0.3 is 0 Å². The van der Waals surface area contributed by atoms with E-state index >= 15 is 0 Å². The van der Waals surface area contributed by atoms with Gasteiger partial charge in [0, 0.05) is 29.3 Å². The summed E-state index contributed by atoms with van der Waals surface area (Å²) in [5.41, 5.74) is 7.38. The van der Waals surface area contributed by atoms with Crippen LogP contribution < -0.4 is 10.6 Å². The maximum absolute atomic E-state index is 8.87. The van der Waals surface area contributed by atoms with Crippen LogP contribution in [0.3, 0.4) is 0 Å². The van der Waals surface area contributed by atoms with E-state index in [-0.39, 0.29) is 6.61 Å². The molecule has 3 nitrogen and oxygen atoms in total. The minimum absolute atomic E-state index is 0.101. The fourth-order valence-electron chi connectivity index (χ4n) is 1.31. The highest BCUT2D eigenvalue weighted by Gasteiger charge is 2.09. The summed E-state index contributed by atoms with van der Waals surface area (Å²) in [5, 5.41) is 8.87. The average Bonchev–Trinajstić information content (AvgIpc) is 2.17. The lowest BCUT2D eigenvalue weighted by Crippen LogP contribution is -2.24. The van der Waals surface area contributed by atoms with Crippen molar-refractivity contribution in [2.75, 3.05) is 25.1 Å². The number of hydrogen-bond acceptors (Lipinski definition) is 3. The Labute approximate surface area is 103 Å². The fourth-order valence-corrected chi connectivity index (χ4v) is 1.83. The third kappa shape index (κ3) is 3.15. The second-order valence-corrected chi connectivity index (χ2v) is 4.53. The molecule has 1 aromatic carbocycles. The van der Waals surface area contributed by atoms with Crippen molar-refractivity contribution in [3.63, 3.8) is 0 Å². The molecule has 0 unspecified atom stereocenters. The molecular weight excluding hydrogens is 276 g/mol. The van der Waals surface area contributed by atoms with Gasteiger partial charge in [-0.3, -0.25) is 0 Å². The van der Waals surface area contributed by atoms with Gasteiger partial charge in [0.25, 0.3) is 0 Å². The maximum Gasteiger partial charge on any atom is 0.106 e. The molecular formula is C10H13BrN2OS. The van der Waals surface area contributed by atoms with E-state index in [0.29, 0.717) is 11.5 Å². The summed E-state index contributed by atoms with van der Waals surface area (Å²) in [4.78, 5) is 2.28. The zero-order chi connectivity index (χ0) is 11.4. The fraction of sp³-hybridized carbons (Fsp3) is 0.300. The van der Waals surface area contributed by atoms with E-state index in [1.807, 2.05) is 30.1 Å². The van der Waals surface area contributed by atoms with Crippen LogP contribution in [0.4, 0.5) is 5.69 Å². The number of hydrogen-bond donors (Lipinski definition) is 2. The largest absolute Gasteiger partial charge is 0.395 e. The molecule has 0 aliphatic heterocycles. The van der Waals surface area contributed by atoms with Gasteiger partial charge in [-0.25, -0.2) is 0 Å². The zero-order valence-electron chi connectivity index (χ0n) is 8.40. The van der Waals surface area contributed by atoms with Gasteiger partial charge in [-0.2, -0.15) is 0 Å². The molecule has 15 heavy (non-hydrogen) atoms. The van der Waals surface area contributed by atoms with Gasteiger partial charge in [-0.1, -0.05) is 28.1 Å². The van der Waals surface area contributed by atoms with Crippen LogP contribution in [0.5, 0.6) is 0 Å². The highest BCUT2D eigenvalue weighted by molar-refractivity contribution is 9.10. The Morgan fingerprint density at radius 1 is 1.60 bits per heavy atom. The predicted octanol–water partition coefficient (Wildman–Crippen LogP) is 1.51. The Balaban J connectivity index is 3.10. The average molecular weight is 289 g/mol. The molecule has 0 aliphatic carbocycles. The summed E-state index contributed by atoms with van der Waals surface area (Å²) < 4.78 is 0.937. The molecule has 0 radical (unpaired) electrons. The van der Waals surface area contributed by atoms with Crippen LogP contribution in [-0.4, -0.2) is 30.3 Å².